The van der Waals surface area contributed by atoms with E-state index in [0.29, 0.717) is 0 Å². The van der Waals surface area contributed by atoms with E-state index >= 15 is 0 Å². The summed E-state index contributed by atoms with van der Waals surface area (Å²) in [5.41, 5.74) is 4.10. The fourth-order valence-corrected chi connectivity index (χ4v) is 5.12. The molecule has 0 amide bonds. The first-order valence-electron chi connectivity index (χ1n) is 8.85. The zero-order valence-corrected chi connectivity index (χ0v) is 15.4. The Morgan fingerprint density at radius 1 is 0.704 bits per heavy atom. The molecule has 0 saturated carbocycles. The molecule has 0 radical (unpaired) electrons. The maximum absolute atomic E-state index is 13.5. The first kappa shape index (κ1) is 16.0. The Balaban J connectivity index is 1.77. The summed E-state index contributed by atoms with van der Waals surface area (Å²) in [4.78, 5) is 0.739. The Kier molecular flexibility index (Phi) is 3.69. The van der Waals surface area contributed by atoms with Crippen LogP contribution in [-0.4, -0.2) is 4.21 Å². The molecule has 0 spiro atoms. The number of rotatable bonds is 2. The lowest BCUT2D eigenvalue weighted by Gasteiger charge is -2.15. The first-order valence-corrected chi connectivity index (χ1v) is 10.4. The molecule has 4 aromatic rings. The Bertz CT molecular complexity index is 1300. The van der Waals surface area contributed by atoms with Gasteiger partial charge in [-0.1, -0.05) is 72.8 Å². The minimum absolute atomic E-state index is 0.739. The molecule has 0 bridgehead atoms. The van der Waals surface area contributed by atoms with Crippen LogP contribution < -0.4 is 0 Å². The third kappa shape index (κ3) is 2.77. The highest BCUT2D eigenvalue weighted by molar-refractivity contribution is 7.96. The van der Waals surface area contributed by atoms with Gasteiger partial charge in [-0.3, -0.25) is 0 Å². The average molecular weight is 367 g/mol. The van der Waals surface area contributed by atoms with E-state index in [1.54, 1.807) is 5.41 Å². The molecule has 27 heavy (non-hydrogen) atoms. The molecular formula is C24H17NOS. The van der Waals surface area contributed by atoms with Crippen molar-refractivity contribution in [3.63, 3.8) is 0 Å². The summed E-state index contributed by atoms with van der Waals surface area (Å²) in [6.07, 6.45) is 1.94. The maximum atomic E-state index is 13.5. The van der Waals surface area contributed by atoms with Crippen LogP contribution in [0.25, 0.3) is 28.0 Å². The lowest BCUT2D eigenvalue weighted by atomic mass is 9.98. The molecule has 1 unspecified atom stereocenters. The van der Waals surface area contributed by atoms with E-state index in [1.807, 2.05) is 60.7 Å². The normalized spacial score (nSPS) is 18.1. The van der Waals surface area contributed by atoms with E-state index in [-0.39, 0.29) is 0 Å². The van der Waals surface area contributed by atoms with Crippen molar-refractivity contribution in [3.05, 3.63) is 102 Å². The molecule has 4 aromatic carbocycles. The van der Waals surface area contributed by atoms with Crippen LogP contribution in [0.3, 0.4) is 0 Å². The SMILES string of the molecule is O=S1(c2ccccc2)=Nc2c(ccc3ccc(-c4ccccc4)cc23)C=C1. The van der Waals surface area contributed by atoms with Crippen molar-refractivity contribution in [3.8, 4) is 11.1 Å². The molecule has 3 heteroatoms. The van der Waals surface area contributed by atoms with Crippen molar-refractivity contribution in [1.82, 2.24) is 0 Å². The average Bonchev–Trinajstić information content (AvgIpc) is 2.74. The molecule has 0 fully saturated rings. The van der Waals surface area contributed by atoms with Crippen LogP contribution in [0.4, 0.5) is 5.69 Å². The lowest BCUT2D eigenvalue weighted by molar-refractivity contribution is 0.682. The van der Waals surface area contributed by atoms with Gasteiger partial charge in [-0.25, -0.2) is 4.21 Å². The number of hydrogen-bond donors (Lipinski definition) is 0. The van der Waals surface area contributed by atoms with Crippen LogP contribution in [0.15, 0.2) is 106 Å². The Labute approximate surface area is 159 Å². The summed E-state index contributed by atoms with van der Waals surface area (Å²) in [6.45, 7) is 0. The highest BCUT2D eigenvalue weighted by Crippen LogP contribution is 2.38. The molecule has 1 atom stereocenters. The van der Waals surface area contributed by atoms with Crippen LogP contribution in [0.5, 0.6) is 0 Å². The third-order valence-electron chi connectivity index (χ3n) is 4.87. The van der Waals surface area contributed by atoms with E-state index in [0.717, 1.165) is 38.0 Å². The minimum Gasteiger partial charge on any atom is -0.240 e. The van der Waals surface area contributed by atoms with Crippen LogP contribution in [0.1, 0.15) is 5.56 Å². The fourth-order valence-electron chi connectivity index (χ4n) is 3.45. The fraction of sp³-hybridized carbons (Fsp3) is 0. The first-order chi connectivity index (χ1) is 13.2. The van der Waals surface area contributed by atoms with Crippen molar-refractivity contribution in [2.75, 3.05) is 0 Å². The molecule has 1 aliphatic rings. The summed E-state index contributed by atoms with van der Waals surface area (Å²) in [6, 6.07) is 30.3. The molecule has 1 aliphatic heterocycles. The highest BCUT2D eigenvalue weighted by Gasteiger charge is 2.17. The Hall–Kier alpha value is -3.17. The maximum Gasteiger partial charge on any atom is 0.102 e. The smallest absolute Gasteiger partial charge is 0.102 e. The third-order valence-corrected chi connectivity index (χ3v) is 6.78. The van der Waals surface area contributed by atoms with Crippen molar-refractivity contribution < 1.29 is 4.21 Å². The largest absolute Gasteiger partial charge is 0.240 e. The monoisotopic (exact) mass is 367 g/mol. The summed E-state index contributed by atoms with van der Waals surface area (Å²) in [5.74, 6) is 0. The molecule has 2 nitrogen and oxygen atoms in total. The lowest BCUT2D eigenvalue weighted by Crippen LogP contribution is -1.99. The van der Waals surface area contributed by atoms with Crippen molar-refractivity contribution >= 4 is 32.3 Å². The highest BCUT2D eigenvalue weighted by atomic mass is 32.2. The topological polar surface area (TPSA) is 29.4 Å². The zero-order chi connectivity index (χ0) is 18.3. The van der Waals surface area contributed by atoms with Crippen LogP contribution in [0, 0.1) is 0 Å². The van der Waals surface area contributed by atoms with Crippen molar-refractivity contribution in [2.24, 2.45) is 4.36 Å². The number of benzene rings is 4. The summed E-state index contributed by atoms with van der Waals surface area (Å²) in [7, 11) is -2.61. The van der Waals surface area contributed by atoms with Gasteiger partial charge < -0.3 is 0 Å². The molecule has 130 valence electrons. The van der Waals surface area contributed by atoms with E-state index in [9.17, 15) is 4.21 Å². The van der Waals surface area contributed by atoms with Gasteiger partial charge in [0.2, 0.25) is 0 Å². The van der Waals surface area contributed by atoms with E-state index in [2.05, 4.69) is 36.4 Å². The summed E-state index contributed by atoms with van der Waals surface area (Å²) < 4.78 is 18.3. The van der Waals surface area contributed by atoms with E-state index < -0.39 is 9.73 Å². The predicted molar refractivity (Wildman–Crippen MR) is 113 cm³/mol. The molecule has 1 heterocycles. The minimum atomic E-state index is -2.61. The van der Waals surface area contributed by atoms with Gasteiger partial charge in [0.1, 0.15) is 9.73 Å². The van der Waals surface area contributed by atoms with Gasteiger partial charge in [-0.05, 0) is 40.8 Å². The second-order valence-corrected chi connectivity index (χ2v) is 8.64. The van der Waals surface area contributed by atoms with E-state index in [4.69, 9.17) is 4.36 Å². The van der Waals surface area contributed by atoms with Gasteiger partial charge in [-0.2, -0.15) is 4.36 Å². The summed E-state index contributed by atoms with van der Waals surface area (Å²) >= 11 is 0. The number of fused-ring (bicyclic) bond motifs is 3. The van der Waals surface area contributed by atoms with Crippen LogP contribution in [0.2, 0.25) is 0 Å². The van der Waals surface area contributed by atoms with Crippen molar-refractivity contribution in [1.29, 1.82) is 0 Å². The number of hydrogen-bond acceptors (Lipinski definition) is 2. The number of nitrogens with zero attached hydrogens (tertiary/aromatic N) is 1. The van der Waals surface area contributed by atoms with Crippen molar-refractivity contribution in [2.45, 2.75) is 4.90 Å². The Morgan fingerprint density at radius 3 is 2.19 bits per heavy atom. The van der Waals surface area contributed by atoms with Crippen LogP contribution >= 0.6 is 0 Å². The predicted octanol–water partition coefficient (Wildman–Crippen LogP) is 6.65. The van der Waals surface area contributed by atoms with E-state index in [1.165, 1.54) is 0 Å². The molecule has 0 aliphatic carbocycles. The van der Waals surface area contributed by atoms with Crippen LogP contribution in [-0.2, 0) is 9.73 Å². The van der Waals surface area contributed by atoms with Gasteiger partial charge in [0.05, 0.1) is 10.6 Å². The second-order valence-electron chi connectivity index (χ2n) is 6.58. The molecule has 0 aromatic heterocycles. The molecule has 0 N–H and O–H groups in total. The zero-order valence-electron chi connectivity index (χ0n) is 14.6. The summed E-state index contributed by atoms with van der Waals surface area (Å²) in [5, 5.41) is 3.86. The van der Waals surface area contributed by atoms with Gasteiger partial charge >= 0.3 is 0 Å². The molecular weight excluding hydrogens is 350 g/mol. The van der Waals surface area contributed by atoms with Gasteiger partial charge in [0.25, 0.3) is 0 Å². The van der Waals surface area contributed by atoms with Gasteiger partial charge in [0, 0.05) is 16.4 Å². The quantitative estimate of drug-likeness (QED) is 0.390. The molecule has 0 saturated heterocycles. The standard InChI is InChI=1S/C24H17NOS/c26-27(22-9-5-2-6-10-22)16-15-20-13-11-19-12-14-21(17-23(19)24(20)25-27)18-7-3-1-4-8-18/h1-17H. The molecule has 5 rings (SSSR count). The second kappa shape index (κ2) is 6.22. The van der Waals surface area contributed by atoms with Gasteiger partial charge in [0.15, 0.2) is 0 Å². The van der Waals surface area contributed by atoms with Gasteiger partial charge in [-0.15, -0.1) is 0 Å². The Morgan fingerprint density at radius 2 is 1.41 bits per heavy atom.